The summed E-state index contributed by atoms with van der Waals surface area (Å²) in [4.78, 5) is 13.5. The third-order valence-electron chi connectivity index (χ3n) is 4.65. The lowest BCUT2D eigenvalue weighted by molar-refractivity contribution is 0.126. The monoisotopic (exact) mass is 311 g/mol. The topological polar surface area (TPSA) is 83.0 Å². The van der Waals surface area contributed by atoms with Gasteiger partial charge in [0.1, 0.15) is 11.6 Å². The number of nitrogens with one attached hydrogen (secondary N) is 2. The summed E-state index contributed by atoms with van der Waals surface area (Å²) < 4.78 is 0. The fourth-order valence-corrected chi connectivity index (χ4v) is 3.34. The fraction of sp³-hybridized carbons (Fsp3) is 0.471. The molecule has 0 radical (unpaired) electrons. The Morgan fingerprint density at radius 1 is 1.09 bits per heavy atom. The van der Waals surface area contributed by atoms with Crippen LogP contribution < -0.4 is 10.6 Å². The predicted octanol–water partition coefficient (Wildman–Crippen LogP) is 2.22. The molecule has 0 bridgehead atoms. The minimum Gasteiger partial charge on any atom is -0.393 e. The largest absolute Gasteiger partial charge is 0.393 e. The summed E-state index contributed by atoms with van der Waals surface area (Å²) in [6.07, 6.45) is 8.02. The molecule has 4 rings (SSSR count). The lowest BCUT2D eigenvalue weighted by Gasteiger charge is -2.27. The average Bonchev–Trinajstić information content (AvgIpc) is 3.06. The number of hydrogen-bond donors (Lipinski definition) is 3. The lowest BCUT2D eigenvalue weighted by atomic mass is 9.93. The number of aromatic nitrogens is 3. The molecule has 0 atom stereocenters. The Balaban J connectivity index is 1.64. The van der Waals surface area contributed by atoms with Crippen LogP contribution in [0.2, 0.25) is 0 Å². The summed E-state index contributed by atoms with van der Waals surface area (Å²) >= 11 is 0. The Labute approximate surface area is 135 Å². The smallest absolute Gasteiger partial charge is 0.163 e. The van der Waals surface area contributed by atoms with Gasteiger partial charge in [-0.25, -0.2) is 9.97 Å². The van der Waals surface area contributed by atoms with Crippen molar-refractivity contribution in [3.63, 3.8) is 0 Å². The van der Waals surface area contributed by atoms with E-state index in [1.807, 2.05) is 12.1 Å². The third kappa shape index (κ3) is 2.99. The first-order valence-electron chi connectivity index (χ1n) is 8.29. The van der Waals surface area contributed by atoms with E-state index < -0.39 is 0 Å². The second kappa shape index (κ2) is 6.12. The van der Waals surface area contributed by atoms with Crippen molar-refractivity contribution in [3.8, 4) is 11.4 Å². The maximum Gasteiger partial charge on any atom is 0.163 e. The summed E-state index contributed by atoms with van der Waals surface area (Å²) in [7, 11) is 0. The zero-order valence-corrected chi connectivity index (χ0v) is 13.0. The molecule has 1 aliphatic heterocycles. The van der Waals surface area contributed by atoms with E-state index in [1.165, 1.54) is 5.56 Å². The highest BCUT2D eigenvalue weighted by atomic mass is 16.3. The van der Waals surface area contributed by atoms with Crippen molar-refractivity contribution in [3.05, 3.63) is 30.1 Å². The molecule has 6 heteroatoms. The highest BCUT2D eigenvalue weighted by molar-refractivity contribution is 5.67. The van der Waals surface area contributed by atoms with Crippen molar-refractivity contribution in [1.82, 2.24) is 15.0 Å². The Morgan fingerprint density at radius 3 is 2.65 bits per heavy atom. The number of hydrogen-bond acceptors (Lipinski definition) is 6. The van der Waals surface area contributed by atoms with E-state index in [4.69, 9.17) is 4.98 Å². The molecule has 3 heterocycles. The molecule has 1 saturated carbocycles. The van der Waals surface area contributed by atoms with Gasteiger partial charge >= 0.3 is 0 Å². The SMILES string of the molecule is O[C@H]1CC[C@H](Nc2nc(-c3ccncc3)nc3c2CCN3)CC1. The van der Waals surface area contributed by atoms with E-state index in [9.17, 15) is 5.11 Å². The van der Waals surface area contributed by atoms with E-state index in [1.54, 1.807) is 12.4 Å². The van der Waals surface area contributed by atoms with Crippen LogP contribution in [0.25, 0.3) is 11.4 Å². The summed E-state index contributed by atoms with van der Waals surface area (Å²) in [5.41, 5.74) is 2.15. The summed E-state index contributed by atoms with van der Waals surface area (Å²) in [5.74, 6) is 2.59. The molecule has 3 N–H and O–H groups in total. The van der Waals surface area contributed by atoms with Crippen LogP contribution in [0.5, 0.6) is 0 Å². The molecule has 1 fully saturated rings. The number of aliphatic hydroxyl groups excluding tert-OH is 1. The molecule has 1 aliphatic carbocycles. The van der Waals surface area contributed by atoms with Crippen LogP contribution in [-0.4, -0.2) is 38.7 Å². The van der Waals surface area contributed by atoms with Crippen LogP contribution in [-0.2, 0) is 6.42 Å². The van der Waals surface area contributed by atoms with Gasteiger partial charge in [0.2, 0.25) is 0 Å². The first-order chi connectivity index (χ1) is 11.3. The van der Waals surface area contributed by atoms with Crippen molar-refractivity contribution in [1.29, 1.82) is 0 Å². The van der Waals surface area contributed by atoms with Crippen molar-refractivity contribution in [2.75, 3.05) is 17.2 Å². The van der Waals surface area contributed by atoms with Crippen LogP contribution in [0.15, 0.2) is 24.5 Å². The molecule has 2 aromatic rings. The zero-order chi connectivity index (χ0) is 15.6. The van der Waals surface area contributed by atoms with E-state index in [-0.39, 0.29) is 6.10 Å². The molecule has 6 nitrogen and oxygen atoms in total. The molecule has 2 aromatic heterocycles. The molecular weight excluding hydrogens is 290 g/mol. The Morgan fingerprint density at radius 2 is 1.87 bits per heavy atom. The molecule has 2 aliphatic rings. The number of rotatable bonds is 3. The van der Waals surface area contributed by atoms with Gasteiger partial charge in [0.05, 0.1) is 6.10 Å². The Hall–Kier alpha value is -2.21. The van der Waals surface area contributed by atoms with Crippen molar-refractivity contribution < 1.29 is 5.11 Å². The lowest BCUT2D eigenvalue weighted by Crippen LogP contribution is -2.29. The summed E-state index contributed by atoms with van der Waals surface area (Å²) in [6, 6.07) is 4.23. The minimum atomic E-state index is -0.141. The summed E-state index contributed by atoms with van der Waals surface area (Å²) in [6.45, 7) is 0.905. The first-order valence-corrected chi connectivity index (χ1v) is 8.29. The number of pyridine rings is 1. The number of nitrogens with zero attached hydrogens (tertiary/aromatic N) is 3. The number of fused-ring (bicyclic) bond motifs is 1. The van der Waals surface area contributed by atoms with Gasteiger partial charge in [-0.15, -0.1) is 0 Å². The van der Waals surface area contributed by atoms with Crippen molar-refractivity contribution >= 4 is 11.6 Å². The highest BCUT2D eigenvalue weighted by Gasteiger charge is 2.24. The second-order valence-electron chi connectivity index (χ2n) is 6.29. The normalized spacial score (nSPS) is 23.2. The highest BCUT2D eigenvalue weighted by Crippen LogP contribution is 2.31. The van der Waals surface area contributed by atoms with Crippen LogP contribution in [0, 0.1) is 0 Å². The van der Waals surface area contributed by atoms with Crippen LogP contribution in [0.3, 0.4) is 0 Å². The fourth-order valence-electron chi connectivity index (χ4n) is 3.34. The van der Waals surface area contributed by atoms with E-state index in [0.29, 0.717) is 6.04 Å². The van der Waals surface area contributed by atoms with Gasteiger partial charge < -0.3 is 15.7 Å². The molecule has 120 valence electrons. The predicted molar refractivity (Wildman–Crippen MR) is 89.3 cm³/mol. The van der Waals surface area contributed by atoms with Gasteiger partial charge in [0, 0.05) is 36.1 Å². The van der Waals surface area contributed by atoms with E-state index in [2.05, 4.69) is 20.6 Å². The molecular formula is C17H21N5O. The van der Waals surface area contributed by atoms with Gasteiger partial charge in [-0.3, -0.25) is 4.98 Å². The maximum absolute atomic E-state index is 9.67. The zero-order valence-electron chi connectivity index (χ0n) is 13.0. The maximum atomic E-state index is 9.67. The standard InChI is InChI=1S/C17H21N5O/c23-13-3-1-12(2-4-13)20-17-14-7-10-19-16(14)21-15(22-17)11-5-8-18-9-6-11/h5-6,8-9,12-13,23H,1-4,7,10H2,(H2,19,20,21,22)/t12-,13-. The van der Waals surface area contributed by atoms with Gasteiger partial charge in [0.15, 0.2) is 5.82 Å². The van der Waals surface area contributed by atoms with E-state index >= 15 is 0 Å². The van der Waals surface area contributed by atoms with Crippen LogP contribution in [0.4, 0.5) is 11.6 Å². The van der Waals surface area contributed by atoms with Crippen LogP contribution >= 0.6 is 0 Å². The molecule has 0 amide bonds. The van der Waals surface area contributed by atoms with E-state index in [0.717, 1.165) is 61.7 Å². The second-order valence-corrected chi connectivity index (χ2v) is 6.29. The van der Waals surface area contributed by atoms with Crippen LogP contribution in [0.1, 0.15) is 31.2 Å². The van der Waals surface area contributed by atoms with Crippen molar-refractivity contribution in [2.24, 2.45) is 0 Å². The number of aliphatic hydroxyl groups is 1. The Bertz CT molecular complexity index is 683. The summed E-state index contributed by atoms with van der Waals surface area (Å²) in [5, 5.41) is 16.6. The van der Waals surface area contributed by atoms with Gasteiger partial charge in [-0.1, -0.05) is 0 Å². The minimum absolute atomic E-state index is 0.141. The first kappa shape index (κ1) is 14.4. The molecule has 0 saturated heterocycles. The molecule has 0 spiro atoms. The molecule has 0 unspecified atom stereocenters. The van der Waals surface area contributed by atoms with Gasteiger partial charge in [-0.05, 0) is 44.2 Å². The van der Waals surface area contributed by atoms with Gasteiger partial charge in [-0.2, -0.15) is 0 Å². The third-order valence-corrected chi connectivity index (χ3v) is 4.65. The Kier molecular flexibility index (Phi) is 3.83. The van der Waals surface area contributed by atoms with Gasteiger partial charge in [0.25, 0.3) is 0 Å². The number of anilines is 2. The molecule has 0 aromatic carbocycles. The molecule has 23 heavy (non-hydrogen) atoms. The quantitative estimate of drug-likeness (QED) is 0.806. The average molecular weight is 311 g/mol. The van der Waals surface area contributed by atoms with Crippen molar-refractivity contribution in [2.45, 2.75) is 44.2 Å².